The molecule has 2 heterocycles. The summed E-state index contributed by atoms with van der Waals surface area (Å²) in [7, 11) is 3.40. The van der Waals surface area contributed by atoms with Crippen molar-refractivity contribution < 1.29 is 29.3 Å². The predicted octanol–water partition coefficient (Wildman–Crippen LogP) is 12.4. The van der Waals surface area contributed by atoms with Gasteiger partial charge in [0, 0.05) is 49.6 Å². The molecule has 388 valence electrons. The van der Waals surface area contributed by atoms with Gasteiger partial charge in [-0.2, -0.15) is 0 Å². The summed E-state index contributed by atoms with van der Waals surface area (Å²) in [5, 5.41) is 22.6. The minimum Gasteiger partial charge on any atom is -0.387 e. The molecule has 0 radical (unpaired) electrons. The number of ketones is 1. The van der Waals surface area contributed by atoms with Crippen LogP contribution in [0.1, 0.15) is 175 Å². The first-order chi connectivity index (χ1) is 31.7. The van der Waals surface area contributed by atoms with Crippen molar-refractivity contribution in [3.8, 4) is 0 Å². The van der Waals surface area contributed by atoms with Gasteiger partial charge in [-0.15, -0.1) is 0 Å². The van der Waals surface area contributed by atoms with E-state index in [0.717, 1.165) is 98.5 Å². The predicted molar refractivity (Wildman–Crippen MR) is 278 cm³/mol. The zero-order valence-corrected chi connectivity index (χ0v) is 43.2. The first kappa shape index (κ1) is 55.9. The number of aromatic nitrogens is 2. The molecule has 2 aromatic rings. The monoisotopic (exact) mass is 976 g/mol. The van der Waals surface area contributed by atoms with E-state index in [2.05, 4.69) is 37.7 Å². The Morgan fingerprint density at radius 2 is 1.06 bits per heavy atom. The summed E-state index contributed by atoms with van der Waals surface area (Å²) >= 11 is 5.53. The SMILES string of the molecule is C.C.COC[C@@]1(O)CC[C@@]2(C)[C@@H](CC[C@@H]3[C@@H]2CC[C@]2(C)[C@@H](C(=O)Cc4cccc(C)n4)CC[C@@H]32)C1.COC[C@@]1(O)CC[C@@]2(C)[C@@H](CC[C@@H]3[C@@H]2CC[C@]2(C)[C@@H](C(N)=O)CC[C@@H]32)C1.Cc1cccc(Cl)n1. The van der Waals surface area contributed by atoms with E-state index < -0.39 is 11.2 Å². The van der Waals surface area contributed by atoms with Crippen LogP contribution in [0.25, 0.3) is 0 Å². The zero-order valence-electron chi connectivity index (χ0n) is 42.5. The van der Waals surface area contributed by atoms with Gasteiger partial charge in [-0.05, 0) is 223 Å². The smallest absolute Gasteiger partial charge is 0.221 e. The van der Waals surface area contributed by atoms with E-state index in [9.17, 15) is 19.8 Å². The molecular weight excluding hydrogens is 882 g/mol. The van der Waals surface area contributed by atoms with Crippen LogP contribution in [0, 0.1) is 94.7 Å². The van der Waals surface area contributed by atoms with Crippen molar-refractivity contribution in [1.29, 1.82) is 0 Å². The summed E-state index contributed by atoms with van der Waals surface area (Å²) in [5.41, 5.74) is 8.34. The van der Waals surface area contributed by atoms with Crippen molar-refractivity contribution in [2.45, 2.75) is 190 Å². The van der Waals surface area contributed by atoms with E-state index in [1.54, 1.807) is 20.3 Å². The Balaban J connectivity index is 0.000000194. The number of nitrogens with zero attached hydrogens (tertiary/aromatic N) is 2. The summed E-state index contributed by atoms with van der Waals surface area (Å²) < 4.78 is 10.7. The van der Waals surface area contributed by atoms with E-state index in [1.807, 2.05) is 44.2 Å². The van der Waals surface area contributed by atoms with Crippen molar-refractivity contribution in [1.82, 2.24) is 9.97 Å². The number of Topliss-reactive ketones (excluding diaryl/α,β-unsaturated/α-hetero) is 1. The molecule has 8 saturated carbocycles. The molecule has 9 nitrogen and oxygen atoms in total. The Kier molecular flexibility index (Phi) is 17.5. The normalized spacial score (nSPS) is 42.5. The number of rotatable bonds is 8. The maximum atomic E-state index is 13.5. The molecule has 0 saturated heterocycles. The van der Waals surface area contributed by atoms with E-state index in [0.29, 0.717) is 65.1 Å². The third-order valence-corrected chi connectivity index (χ3v) is 21.6. The number of amides is 1. The molecule has 10 heteroatoms. The molecule has 1 amide bonds. The molecule has 0 aromatic carbocycles. The highest BCUT2D eigenvalue weighted by Gasteiger charge is 2.64. The van der Waals surface area contributed by atoms with E-state index in [-0.39, 0.29) is 43.4 Å². The van der Waals surface area contributed by atoms with Gasteiger partial charge in [0.05, 0.1) is 24.4 Å². The van der Waals surface area contributed by atoms with E-state index in [1.165, 1.54) is 57.8 Å². The highest BCUT2D eigenvalue weighted by molar-refractivity contribution is 6.29. The van der Waals surface area contributed by atoms with Crippen LogP contribution in [0.4, 0.5) is 0 Å². The molecule has 16 atom stereocenters. The number of methoxy groups -OCH3 is 2. The molecule has 0 unspecified atom stereocenters. The molecule has 0 spiro atoms. The minimum absolute atomic E-state index is 0. The van der Waals surface area contributed by atoms with Crippen molar-refractivity contribution in [2.24, 2.45) is 86.6 Å². The summed E-state index contributed by atoms with van der Waals surface area (Å²) in [6.45, 7) is 14.7. The molecule has 0 bridgehead atoms. The van der Waals surface area contributed by atoms with Gasteiger partial charge in [0.1, 0.15) is 10.9 Å². The summed E-state index contributed by atoms with van der Waals surface area (Å²) in [6.07, 6.45) is 20.5. The Morgan fingerprint density at radius 3 is 1.49 bits per heavy atom. The number of pyridine rings is 2. The van der Waals surface area contributed by atoms with Crippen LogP contribution in [0.2, 0.25) is 5.15 Å². The van der Waals surface area contributed by atoms with Crippen LogP contribution in [-0.4, -0.2) is 70.5 Å². The number of hydrogen-bond acceptors (Lipinski definition) is 8. The average molecular weight is 977 g/mol. The first-order valence-corrected chi connectivity index (χ1v) is 26.8. The minimum atomic E-state index is -0.635. The Hall–Kier alpha value is -2.43. The van der Waals surface area contributed by atoms with E-state index >= 15 is 0 Å². The second-order valence-electron chi connectivity index (χ2n) is 24.8. The van der Waals surface area contributed by atoms with Crippen LogP contribution in [0.3, 0.4) is 0 Å². The zero-order chi connectivity index (χ0) is 48.2. The fraction of sp³-hybridized carbons (Fsp3) is 0.797. The topological polar surface area (TPSA) is 145 Å². The Bertz CT molecular complexity index is 2070. The molecular formula is C59H94ClN3O6. The number of carbonyl (C=O) groups is 2. The maximum absolute atomic E-state index is 13.5. The lowest BCUT2D eigenvalue weighted by molar-refractivity contribution is -0.164. The largest absolute Gasteiger partial charge is 0.387 e. The third kappa shape index (κ3) is 10.7. The lowest BCUT2D eigenvalue weighted by Crippen LogP contribution is -2.57. The second kappa shape index (κ2) is 21.6. The van der Waals surface area contributed by atoms with Crippen LogP contribution >= 0.6 is 11.6 Å². The second-order valence-corrected chi connectivity index (χ2v) is 25.2. The van der Waals surface area contributed by atoms with Crippen molar-refractivity contribution in [2.75, 3.05) is 27.4 Å². The molecule has 8 aliphatic carbocycles. The lowest BCUT2D eigenvalue weighted by atomic mass is 9.44. The summed E-state index contributed by atoms with van der Waals surface area (Å²) in [5.74, 6) is 6.14. The number of nitrogens with two attached hydrogens (primary N) is 1. The summed E-state index contributed by atoms with van der Waals surface area (Å²) in [6, 6.07) is 11.6. The molecule has 8 aliphatic rings. The van der Waals surface area contributed by atoms with Gasteiger partial charge in [-0.3, -0.25) is 14.6 Å². The fourth-order valence-corrected chi connectivity index (χ4v) is 18.2. The highest BCUT2D eigenvalue weighted by atomic mass is 35.5. The van der Waals surface area contributed by atoms with Crippen molar-refractivity contribution in [3.05, 3.63) is 58.6 Å². The van der Waals surface area contributed by atoms with Gasteiger partial charge < -0.3 is 25.4 Å². The number of aryl methyl sites for hydroxylation is 2. The number of fused-ring (bicyclic) bond motifs is 10. The van der Waals surface area contributed by atoms with Gasteiger partial charge in [0.2, 0.25) is 5.91 Å². The van der Waals surface area contributed by atoms with Gasteiger partial charge >= 0.3 is 0 Å². The Morgan fingerprint density at radius 1 is 0.609 bits per heavy atom. The molecule has 2 aromatic heterocycles. The quantitative estimate of drug-likeness (QED) is 0.222. The van der Waals surface area contributed by atoms with Crippen LogP contribution in [0.15, 0.2) is 36.4 Å². The van der Waals surface area contributed by atoms with Gasteiger partial charge in [-0.1, -0.05) is 66.3 Å². The van der Waals surface area contributed by atoms with E-state index in [4.69, 9.17) is 26.8 Å². The van der Waals surface area contributed by atoms with Crippen LogP contribution in [-0.2, 0) is 25.5 Å². The lowest BCUT2D eigenvalue weighted by Gasteiger charge is -2.62. The molecule has 0 aliphatic heterocycles. The van der Waals surface area contributed by atoms with Gasteiger partial charge in [-0.25, -0.2) is 4.98 Å². The van der Waals surface area contributed by atoms with Crippen molar-refractivity contribution >= 4 is 23.3 Å². The fourth-order valence-electron chi connectivity index (χ4n) is 18.0. The van der Waals surface area contributed by atoms with Crippen LogP contribution < -0.4 is 5.73 Å². The average Bonchev–Trinajstić information content (AvgIpc) is 3.82. The maximum Gasteiger partial charge on any atom is 0.221 e. The number of aliphatic hydroxyl groups is 2. The first-order valence-electron chi connectivity index (χ1n) is 26.5. The number of ether oxygens (including phenoxy) is 2. The molecule has 10 rings (SSSR count). The Labute approximate surface area is 423 Å². The van der Waals surface area contributed by atoms with Gasteiger partial charge in [0.25, 0.3) is 0 Å². The number of primary amides is 1. The van der Waals surface area contributed by atoms with Crippen molar-refractivity contribution in [3.63, 3.8) is 0 Å². The van der Waals surface area contributed by atoms with Gasteiger partial charge in [0.15, 0.2) is 0 Å². The number of hydrogen-bond donors (Lipinski definition) is 3. The molecule has 8 fully saturated rings. The summed E-state index contributed by atoms with van der Waals surface area (Å²) in [4.78, 5) is 34.1. The van der Waals surface area contributed by atoms with Crippen LogP contribution in [0.5, 0.6) is 0 Å². The highest BCUT2D eigenvalue weighted by Crippen LogP contribution is 2.70. The number of halogens is 1. The number of carbonyl (C=O) groups excluding carboxylic acids is 2. The standard InChI is InChI=1S/C29H43NO3.C22H37NO3.C6H6ClN.2CH4/c1-19-6-5-7-21(30-19)16-26(31)25-11-10-23-22-9-8-20-17-29(32,18-33-4)15-14-27(20,2)24(22)12-13-28(23,25)3;1-20-10-11-22(25,13-26-3)12-14(20)4-5-15-16-6-7-18(19(23)24)21(16,2)9-8-17(15)20;1-5-3-2-4-6(7)8-5;;/h5-7,20,22-25,32H,8-18H2,1-4H3;14-18,25H,4-13H2,1-3H3,(H2,23,24);2-4H,1H3;2*1H4/t20-,22-,23-,24-,25+,27-,28-,29+;14-,15-,16-,17-,18+,20-,21-,22+;;;/m00.../s1. The third-order valence-electron chi connectivity index (χ3n) is 21.4. The molecule has 4 N–H and O–H groups in total. The molecule has 69 heavy (non-hydrogen) atoms.